The molecule has 5 heteroatoms. The quantitative estimate of drug-likeness (QED) is 0.914. The van der Waals surface area contributed by atoms with Crippen LogP contribution in [0.1, 0.15) is 18.3 Å². The van der Waals surface area contributed by atoms with E-state index in [-0.39, 0.29) is 5.41 Å². The standard InChI is InChI=1S/C15H20N4O/c1-2-19-14(17-11-18-19)8-15(9-16)7-12-5-3-4-6-13(12)20-10-15/h3-6,11H,2,7-10,16H2,1H3. The summed E-state index contributed by atoms with van der Waals surface area (Å²) >= 11 is 0. The van der Waals surface area contributed by atoms with E-state index in [9.17, 15) is 0 Å². The molecule has 1 aromatic heterocycles. The van der Waals surface area contributed by atoms with Crippen LogP contribution in [0.3, 0.4) is 0 Å². The minimum absolute atomic E-state index is 0.0890. The number of fused-ring (bicyclic) bond motifs is 1. The maximum atomic E-state index is 6.07. The van der Waals surface area contributed by atoms with Crippen LogP contribution in [0.5, 0.6) is 5.75 Å². The fourth-order valence-corrected chi connectivity index (χ4v) is 2.82. The van der Waals surface area contributed by atoms with Crippen molar-refractivity contribution >= 4 is 0 Å². The SMILES string of the molecule is CCn1ncnc1CC1(CN)COc2ccccc2C1. The first-order chi connectivity index (χ1) is 9.76. The van der Waals surface area contributed by atoms with E-state index < -0.39 is 0 Å². The predicted octanol–water partition coefficient (Wildman–Crippen LogP) is 1.42. The van der Waals surface area contributed by atoms with Crippen LogP contribution >= 0.6 is 0 Å². The first kappa shape index (κ1) is 13.1. The zero-order valence-electron chi connectivity index (χ0n) is 11.7. The van der Waals surface area contributed by atoms with Gasteiger partial charge in [0.25, 0.3) is 0 Å². The second-order valence-electron chi connectivity index (χ2n) is 5.45. The average Bonchev–Trinajstić information content (AvgIpc) is 2.94. The van der Waals surface area contributed by atoms with Crippen LogP contribution in [-0.2, 0) is 19.4 Å². The van der Waals surface area contributed by atoms with Crippen molar-refractivity contribution in [3.63, 3.8) is 0 Å². The Morgan fingerprint density at radius 1 is 1.40 bits per heavy atom. The zero-order valence-corrected chi connectivity index (χ0v) is 11.7. The molecule has 0 radical (unpaired) electrons. The number of nitrogens with zero attached hydrogens (tertiary/aromatic N) is 3. The highest BCUT2D eigenvalue weighted by Gasteiger charge is 2.36. The van der Waals surface area contributed by atoms with Crippen molar-refractivity contribution < 1.29 is 4.74 Å². The van der Waals surface area contributed by atoms with Crippen LogP contribution in [-0.4, -0.2) is 27.9 Å². The van der Waals surface area contributed by atoms with Crippen LogP contribution in [0, 0.1) is 5.41 Å². The van der Waals surface area contributed by atoms with Gasteiger partial charge in [0.05, 0.1) is 6.61 Å². The highest BCUT2D eigenvalue weighted by Crippen LogP contribution is 2.35. The van der Waals surface area contributed by atoms with Crippen LogP contribution in [0.4, 0.5) is 0 Å². The Kier molecular flexibility index (Phi) is 3.44. The van der Waals surface area contributed by atoms with E-state index in [0.29, 0.717) is 13.2 Å². The molecular formula is C15H20N4O. The number of hydrogen-bond donors (Lipinski definition) is 1. The summed E-state index contributed by atoms with van der Waals surface area (Å²) in [5, 5.41) is 4.23. The topological polar surface area (TPSA) is 66.0 Å². The maximum absolute atomic E-state index is 6.07. The average molecular weight is 272 g/mol. The van der Waals surface area contributed by atoms with Gasteiger partial charge in [0, 0.05) is 24.9 Å². The molecule has 5 nitrogen and oxygen atoms in total. The third-order valence-corrected chi connectivity index (χ3v) is 4.03. The lowest BCUT2D eigenvalue weighted by atomic mass is 9.77. The second-order valence-corrected chi connectivity index (χ2v) is 5.45. The molecule has 1 atom stereocenters. The Morgan fingerprint density at radius 2 is 2.25 bits per heavy atom. The summed E-state index contributed by atoms with van der Waals surface area (Å²) in [5.41, 5.74) is 7.21. The molecule has 1 aliphatic rings. The van der Waals surface area contributed by atoms with Gasteiger partial charge in [-0.25, -0.2) is 4.98 Å². The smallest absolute Gasteiger partial charge is 0.138 e. The molecule has 0 spiro atoms. The normalized spacial score (nSPS) is 21.3. The molecule has 0 aliphatic carbocycles. The summed E-state index contributed by atoms with van der Waals surface area (Å²) in [6.07, 6.45) is 3.34. The van der Waals surface area contributed by atoms with Gasteiger partial charge in [-0.1, -0.05) is 18.2 Å². The number of benzene rings is 1. The minimum atomic E-state index is -0.0890. The van der Waals surface area contributed by atoms with Gasteiger partial charge < -0.3 is 10.5 Å². The van der Waals surface area contributed by atoms with E-state index in [1.165, 1.54) is 5.56 Å². The van der Waals surface area contributed by atoms with E-state index in [4.69, 9.17) is 10.5 Å². The van der Waals surface area contributed by atoms with Crippen LogP contribution in [0.15, 0.2) is 30.6 Å². The molecular weight excluding hydrogens is 252 g/mol. The van der Waals surface area contributed by atoms with E-state index in [2.05, 4.69) is 23.1 Å². The molecule has 1 unspecified atom stereocenters. The van der Waals surface area contributed by atoms with Crippen molar-refractivity contribution in [1.29, 1.82) is 0 Å². The summed E-state index contributed by atoms with van der Waals surface area (Å²) in [7, 11) is 0. The predicted molar refractivity (Wildman–Crippen MR) is 76.5 cm³/mol. The van der Waals surface area contributed by atoms with Crippen molar-refractivity contribution in [2.24, 2.45) is 11.1 Å². The van der Waals surface area contributed by atoms with Crippen molar-refractivity contribution in [1.82, 2.24) is 14.8 Å². The minimum Gasteiger partial charge on any atom is -0.493 e. The molecule has 2 aromatic rings. The Morgan fingerprint density at radius 3 is 3.05 bits per heavy atom. The lowest BCUT2D eigenvalue weighted by Gasteiger charge is -2.36. The summed E-state index contributed by atoms with van der Waals surface area (Å²) < 4.78 is 7.84. The molecule has 0 saturated carbocycles. The van der Waals surface area contributed by atoms with Gasteiger partial charge in [0.2, 0.25) is 0 Å². The highest BCUT2D eigenvalue weighted by molar-refractivity contribution is 5.36. The van der Waals surface area contributed by atoms with Gasteiger partial charge in [-0.2, -0.15) is 5.10 Å². The number of aryl methyl sites for hydroxylation is 1. The Balaban J connectivity index is 1.87. The number of rotatable bonds is 4. The fourth-order valence-electron chi connectivity index (χ4n) is 2.82. The van der Waals surface area contributed by atoms with Crippen molar-refractivity contribution in [3.8, 4) is 5.75 Å². The largest absolute Gasteiger partial charge is 0.493 e. The molecule has 3 rings (SSSR count). The first-order valence-corrected chi connectivity index (χ1v) is 7.04. The summed E-state index contributed by atoms with van der Waals surface area (Å²) in [4.78, 5) is 4.37. The second kappa shape index (κ2) is 5.25. The van der Waals surface area contributed by atoms with Crippen molar-refractivity contribution in [3.05, 3.63) is 42.0 Å². The molecule has 0 amide bonds. The highest BCUT2D eigenvalue weighted by atomic mass is 16.5. The van der Waals surface area contributed by atoms with Crippen molar-refractivity contribution in [2.75, 3.05) is 13.2 Å². The van der Waals surface area contributed by atoms with E-state index in [1.807, 2.05) is 22.9 Å². The number of ether oxygens (including phenoxy) is 1. The fraction of sp³-hybridized carbons (Fsp3) is 0.467. The van der Waals surface area contributed by atoms with E-state index in [1.54, 1.807) is 6.33 Å². The summed E-state index contributed by atoms with van der Waals surface area (Å²) in [6.45, 7) is 4.11. The zero-order chi connectivity index (χ0) is 14.0. The first-order valence-electron chi connectivity index (χ1n) is 7.04. The number of nitrogens with two attached hydrogens (primary N) is 1. The van der Waals surface area contributed by atoms with E-state index >= 15 is 0 Å². The van der Waals surface area contributed by atoms with Gasteiger partial charge in [-0.3, -0.25) is 4.68 Å². The third kappa shape index (κ3) is 2.29. The van der Waals surface area contributed by atoms with Crippen LogP contribution in [0.2, 0.25) is 0 Å². The molecule has 0 bridgehead atoms. The Labute approximate surface area is 118 Å². The maximum Gasteiger partial charge on any atom is 0.138 e. The Bertz CT molecular complexity index is 595. The van der Waals surface area contributed by atoms with Gasteiger partial charge in [-0.05, 0) is 25.0 Å². The number of aromatic nitrogens is 3. The van der Waals surface area contributed by atoms with Crippen LogP contribution in [0.25, 0.3) is 0 Å². The van der Waals surface area contributed by atoms with Gasteiger partial charge in [0.15, 0.2) is 0 Å². The van der Waals surface area contributed by atoms with Gasteiger partial charge in [-0.15, -0.1) is 0 Å². The lowest BCUT2D eigenvalue weighted by molar-refractivity contribution is 0.123. The van der Waals surface area contributed by atoms with E-state index in [0.717, 1.165) is 31.0 Å². The van der Waals surface area contributed by atoms with Crippen molar-refractivity contribution in [2.45, 2.75) is 26.3 Å². The molecule has 1 aromatic carbocycles. The van der Waals surface area contributed by atoms with Gasteiger partial charge >= 0.3 is 0 Å². The number of hydrogen-bond acceptors (Lipinski definition) is 4. The Hall–Kier alpha value is -1.88. The molecule has 106 valence electrons. The third-order valence-electron chi connectivity index (χ3n) is 4.03. The molecule has 20 heavy (non-hydrogen) atoms. The summed E-state index contributed by atoms with van der Waals surface area (Å²) in [5.74, 6) is 1.97. The molecule has 0 fully saturated rings. The number of para-hydroxylation sites is 1. The molecule has 2 heterocycles. The van der Waals surface area contributed by atoms with Gasteiger partial charge in [0.1, 0.15) is 17.9 Å². The molecule has 1 aliphatic heterocycles. The molecule has 2 N–H and O–H groups in total. The monoisotopic (exact) mass is 272 g/mol. The lowest BCUT2D eigenvalue weighted by Crippen LogP contribution is -2.43. The molecule has 0 saturated heterocycles. The summed E-state index contributed by atoms with van der Waals surface area (Å²) in [6, 6.07) is 8.18. The van der Waals surface area contributed by atoms with Crippen LogP contribution < -0.4 is 10.5 Å².